The van der Waals surface area contributed by atoms with Gasteiger partial charge in [-0.3, -0.25) is 4.79 Å². The van der Waals surface area contributed by atoms with E-state index < -0.39 is 0 Å². The van der Waals surface area contributed by atoms with Crippen LogP contribution in [-0.2, 0) is 4.79 Å². The van der Waals surface area contributed by atoms with Crippen molar-refractivity contribution in [3.05, 3.63) is 53.5 Å². The average molecular weight is 462 g/mol. The first-order chi connectivity index (χ1) is 16.6. The van der Waals surface area contributed by atoms with Crippen molar-refractivity contribution in [1.29, 1.82) is 0 Å². The van der Waals surface area contributed by atoms with Gasteiger partial charge in [-0.2, -0.15) is 14.3 Å². The van der Waals surface area contributed by atoms with Crippen LogP contribution in [0.3, 0.4) is 0 Å². The third-order valence-electron chi connectivity index (χ3n) is 5.89. The molecule has 0 radical (unpaired) electrons. The number of fused-ring (bicyclic) bond motifs is 2. The van der Waals surface area contributed by atoms with Gasteiger partial charge in [-0.05, 0) is 50.1 Å². The first kappa shape index (κ1) is 21.9. The highest BCUT2D eigenvalue weighted by molar-refractivity contribution is 5.95. The number of aryl methyl sites for hydroxylation is 1. The van der Waals surface area contributed by atoms with E-state index in [2.05, 4.69) is 27.5 Å². The molecule has 0 bridgehead atoms. The van der Waals surface area contributed by atoms with Gasteiger partial charge in [0.2, 0.25) is 5.91 Å². The number of amides is 1. The lowest BCUT2D eigenvalue weighted by atomic mass is 9.85. The maximum Gasteiger partial charge on any atom is 0.226 e. The fourth-order valence-corrected chi connectivity index (χ4v) is 4.28. The molecule has 0 saturated carbocycles. The van der Waals surface area contributed by atoms with E-state index in [-0.39, 0.29) is 11.8 Å². The van der Waals surface area contributed by atoms with Crippen LogP contribution in [0.4, 0.5) is 5.82 Å². The van der Waals surface area contributed by atoms with Gasteiger partial charge in [0.05, 0.1) is 18.9 Å². The van der Waals surface area contributed by atoms with E-state index in [1.54, 1.807) is 9.20 Å². The monoisotopic (exact) mass is 461 g/mol. The normalized spacial score (nSPS) is 15.3. The number of unbranched alkanes of at least 4 members (excludes halogenated alkanes) is 1. The smallest absolute Gasteiger partial charge is 0.226 e. The Morgan fingerprint density at radius 2 is 2.00 bits per heavy atom. The van der Waals surface area contributed by atoms with E-state index in [9.17, 15) is 4.79 Å². The summed E-state index contributed by atoms with van der Waals surface area (Å²) < 4.78 is 15.1. The molecule has 1 amide bonds. The molecular weight excluding hydrogens is 434 g/mol. The van der Waals surface area contributed by atoms with Crippen LogP contribution in [0.25, 0.3) is 11.5 Å². The lowest BCUT2D eigenvalue weighted by Gasteiger charge is -2.25. The molecule has 34 heavy (non-hydrogen) atoms. The van der Waals surface area contributed by atoms with Crippen molar-refractivity contribution >= 4 is 17.4 Å². The molecule has 1 aromatic carbocycles. The molecule has 1 N–H and O–H groups in total. The summed E-state index contributed by atoms with van der Waals surface area (Å²) in [6.45, 7) is 7.19. The minimum atomic E-state index is -0.167. The Bertz CT molecular complexity index is 1340. The summed E-state index contributed by atoms with van der Waals surface area (Å²) in [7, 11) is 0. The van der Waals surface area contributed by atoms with Gasteiger partial charge in [-0.15, -0.1) is 15.3 Å². The fourth-order valence-electron chi connectivity index (χ4n) is 4.28. The molecule has 0 fully saturated rings. The minimum Gasteiger partial charge on any atom is -0.490 e. The second-order valence-electron chi connectivity index (χ2n) is 8.23. The largest absolute Gasteiger partial charge is 0.490 e. The van der Waals surface area contributed by atoms with Crippen molar-refractivity contribution in [2.75, 3.05) is 18.5 Å². The zero-order valence-corrected chi connectivity index (χ0v) is 19.5. The average Bonchev–Trinajstić information content (AvgIpc) is 3.43. The molecule has 1 aliphatic heterocycles. The van der Waals surface area contributed by atoms with Crippen molar-refractivity contribution in [2.45, 2.75) is 46.0 Å². The molecule has 10 nitrogen and oxygen atoms in total. The first-order valence-electron chi connectivity index (χ1n) is 11.5. The van der Waals surface area contributed by atoms with E-state index in [0.29, 0.717) is 42.7 Å². The number of hydrogen-bond donors (Lipinski definition) is 1. The van der Waals surface area contributed by atoms with Gasteiger partial charge < -0.3 is 14.8 Å². The third-order valence-corrected chi connectivity index (χ3v) is 5.89. The Kier molecular flexibility index (Phi) is 5.87. The Morgan fingerprint density at radius 3 is 2.82 bits per heavy atom. The van der Waals surface area contributed by atoms with Crippen LogP contribution >= 0.6 is 0 Å². The maximum atomic E-state index is 12.8. The molecule has 0 saturated heterocycles. The molecule has 1 aliphatic rings. The second-order valence-corrected chi connectivity index (χ2v) is 8.23. The van der Waals surface area contributed by atoms with Crippen LogP contribution in [-0.4, -0.2) is 48.7 Å². The number of anilines is 1. The lowest BCUT2D eigenvalue weighted by Crippen LogP contribution is -2.25. The summed E-state index contributed by atoms with van der Waals surface area (Å²) in [4.78, 5) is 12.8. The molecule has 4 aromatic rings. The number of rotatable bonds is 8. The van der Waals surface area contributed by atoms with Crippen molar-refractivity contribution in [2.24, 2.45) is 0 Å². The predicted octanol–water partition coefficient (Wildman–Crippen LogP) is 3.67. The van der Waals surface area contributed by atoms with Crippen LogP contribution < -0.4 is 14.8 Å². The van der Waals surface area contributed by atoms with Crippen molar-refractivity contribution in [3.8, 4) is 17.3 Å². The van der Waals surface area contributed by atoms with Crippen molar-refractivity contribution < 1.29 is 14.3 Å². The number of nitrogens with zero attached hydrogens (tertiary/aromatic N) is 6. The first-order valence-corrected chi connectivity index (χ1v) is 11.5. The van der Waals surface area contributed by atoms with Gasteiger partial charge in [0.1, 0.15) is 12.1 Å². The molecule has 5 rings (SSSR count). The number of hydrogen-bond acceptors (Lipinski definition) is 7. The van der Waals surface area contributed by atoms with E-state index in [4.69, 9.17) is 14.6 Å². The Labute approximate surface area is 196 Å². The number of carbonyl (C=O) groups is 1. The number of ether oxygens (including phenoxy) is 2. The molecule has 0 aliphatic carbocycles. The molecule has 4 heterocycles. The number of aromatic nitrogens is 6. The number of nitrogens with one attached hydrogen (secondary N) is 1. The van der Waals surface area contributed by atoms with Crippen LogP contribution in [0.2, 0.25) is 0 Å². The highest BCUT2D eigenvalue weighted by Gasteiger charge is 2.33. The second kappa shape index (κ2) is 9.12. The molecule has 3 aromatic heterocycles. The summed E-state index contributed by atoms with van der Waals surface area (Å²) in [5.41, 5.74) is 3.40. The zero-order valence-electron chi connectivity index (χ0n) is 19.5. The summed E-state index contributed by atoms with van der Waals surface area (Å²) in [6.07, 6.45) is 3.89. The molecule has 0 spiro atoms. The number of carbonyl (C=O) groups excluding carboxylic acids is 1. The summed E-state index contributed by atoms with van der Waals surface area (Å²) in [5.74, 6) is 2.35. The van der Waals surface area contributed by atoms with Gasteiger partial charge in [0, 0.05) is 17.9 Å². The van der Waals surface area contributed by atoms with Gasteiger partial charge >= 0.3 is 0 Å². The van der Waals surface area contributed by atoms with Crippen molar-refractivity contribution in [3.63, 3.8) is 0 Å². The molecule has 1 unspecified atom stereocenters. The van der Waals surface area contributed by atoms with Crippen LogP contribution in [0.5, 0.6) is 11.5 Å². The predicted molar refractivity (Wildman–Crippen MR) is 126 cm³/mol. The highest BCUT2D eigenvalue weighted by atomic mass is 16.5. The van der Waals surface area contributed by atoms with Crippen LogP contribution in [0, 0.1) is 6.92 Å². The van der Waals surface area contributed by atoms with Crippen LogP contribution in [0.15, 0.2) is 36.7 Å². The highest BCUT2D eigenvalue weighted by Crippen LogP contribution is 2.42. The summed E-state index contributed by atoms with van der Waals surface area (Å²) in [6, 6.07) is 9.54. The van der Waals surface area contributed by atoms with Crippen molar-refractivity contribution in [1.82, 2.24) is 29.6 Å². The Balaban J connectivity index is 1.55. The lowest BCUT2D eigenvalue weighted by molar-refractivity contribution is -0.116. The van der Waals surface area contributed by atoms with Gasteiger partial charge in [0.15, 0.2) is 23.0 Å². The summed E-state index contributed by atoms with van der Waals surface area (Å²) >= 11 is 0. The van der Waals surface area contributed by atoms with E-state index >= 15 is 0 Å². The quantitative estimate of drug-likeness (QED) is 0.399. The Morgan fingerprint density at radius 1 is 1.12 bits per heavy atom. The minimum absolute atomic E-state index is 0.0785. The van der Waals surface area contributed by atoms with Crippen LogP contribution in [0.1, 0.15) is 55.8 Å². The number of benzene rings is 1. The molecule has 10 heteroatoms. The Hall–Kier alpha value is -3.95. The SMILES string of the molecule is CCCCOc1ccc(C2CC(=O)Nc3c2c(C)nn3-c2ccc3nncn3n2)cc1OCC. The molecule has 176 valence electrons. The fraction of sp³-hybridized carbons (Fsp3) is 0.375. The zero-order chi connectivity index (χ0) is 23.7. The van der Waals surface area contributed by atoms with Gasteiger partial charge in [-0.25, -0.2) is 0 Å². The van der Waals surface area contributed by atoms with E-state index in [1.165, 1.54) is 6.33 Å². The van der Waals surface area contributed by atoms with Gasteiger partial charge in [0.25, 0.3) is 0 Å². The van der Waals surface area contributed by atoms with E-state index in [0.717, 1.165) is 35.4 Å². The molecule has 1 atom stereocenters. The molecular formula is C24H27N7O3. The van der Waals surface area contributed by atoms with Gasteiger partial charge in [-0.1, -0.05) is 19.4 Å². The van der Waals surface area contributed by atoms with E-state index in [1.807, 2.05) is 44.2 Å². The topological polar surface area (TPSA) is 108 Å². The summed E-state index contributed by atoms with van der Waals surface area (Å²) in [5, 5.41) is 20.1. The maximum absolute atomic E-state index is 12.8. The standard InChI is InChI=1S/C24H27N7O3/c1-4-6-11-34-18-8-7-16(12-19(18)33-5-2)17-13-22(32)26-24-23(17)15(3)28-31(24)21-10-9-20-27-25-14-30(20)29-21/h7-10,12,14,17H,4-6,11,13H2,1-3H3,(H,26,32). The third kappa shape index (κ3) is 3.95.